The van der Waals surface area contributed by atoms with Crippen LogP contribution in [0.3, 0.4) is 0 Å². The Hall–Kier alpha value is -2.04. The van der Waals surface area contributed by atoms with Crippen molar-refractivity contribution in [2.24, 2.45) is 5.92 Å². The summed E-state index contributed by atoms with van der Waals surface area (Å²) in [6.07, 6.45) is 1.88. The van der Waals surface area contributed by atoms with Crippen molar-refractivity contribution >= 4 is 12.0 Å². The molecule has 1 heterocycles. The minimum absolute atomic E-state index is 0.00898. The Morgan fingerprint density at radius 1 is 1.27 bits per heavy atom. The van der Waals surface area contributed by atoms with Gasteiger partial charge in [-0.1, -0.05) is 36.8 Å². The molecule has 5 nitrogen and oxygen atoms in total. The molecule has 1 fully saturated rings. The van der Waals surface area contributed by atoms with E-state index in [2.05, 4.69) is 5.32 Å². The number of carboxylic acids is 1. The zero-order valence-electron chi connectivity index (χ0n) is 13.2. The Morgan fingerprint density at radius 2 is 1.86 bits per heavy atom. The molecule has 2 N–H and O–H groups in total. The average molecular weight is 304 g/mol. The second kappa shape index (κ2) is 7.29. The van der Waals surface area contributed by atoms with Gasteiger partial charge < -0.3 is 15.3 Å². The molecule has 0 aromatic heterocycles. The molecule has 5 heteroatoms. The highest BCUT2D eigenvalue weighted by Gasteiger charge is 2.27. The van der Waals surface area contributed by atoms with Gasteiger partial charge in [0.15, 0.2) is 0 Å². The van der Waals surface area contributed by atoms with Crippen molar-refractivity contribution in [1.29, 1.82) is 0 Å². The molecule has 1 unspecified atom stereocenters. The Morgan fingerprint density at radius 3 is 2.36 bits per heavy atom. The van der Waals surface area contributed by atoms with Gasteiger partial charge in [0.05, 0.1) is 12.0 Å². The van der Waals surface area contributed by atoms with Crippen LogP contribution >= 0.6 is 0 Å². The first kappa shape index (κ1) is 16.3. The van der Waals surface area contributed by atoms with Crippen LogP contribution in [0.2, 0.25) is 0 Å². The normalized spacial score (nSPS) is 17.1. The number of carbonyl (C=O) groups is 2. The number of aliphatic carboxylic acids is 1. The Labute approximate surface area is 131 Å². The van der Waals surface area contributed by atoms with Crippen molar-refractivity contribution in [2.45, 2.75) is 39.2 Å². The number of piperidine rings is 1. The van der Waals surface area contributed by atoms with Crippen molar-refractivity contribution in [3.05, 3.63) is 35.4 Å². The molecule has 1 aromatic rings. The summed E-state index contributed by atoms with van der Waals surface area (Å²) in [5.41, 5.74) is 2.29. The van der Waals surface area contributed by atoms with Crippen molar-refractivity contribution in [1.82, 2.24) is 10.2 Å². The number of rotatable bonds is 4. The number of hydrogen-bond acceptors (Lipinski definition) is 2. The molecule has 0 aliphatic carbocycles. The summed E-state index contributed by atoms with van der Waals surface area (Å²) in [5.74, 6) is -1.07. The van der Waals surface area contributed by atoms with E-state index < -0.39 is 5.97 Å². The number of likely N-dealkylation sites (tertiary alicyclic amines) is 1. The smallest absolute Gasteiger partial charge is 0.317 e. The van der Waals surface area contributed by atoms with Gasteiger partial charge in [0.1, 0.15) is 0 Å². The fraction of sp³-hybridized carbons (Fsp3) is 0.529. The molecule has 2 amide bonds. The van der Waals surface area contributed by atoms with Gasteiger partial charge in [0.25, 0.3) is 0 Å². The minimum Gasteiger partial charge on any atom is -0.481 e. The van der Waals surface area contributed by atoms with Crippen LogP contribution < -0.4 is 5.32 Å². The highest BCUT2D eigenvalue weighted by Crippen LogP contribution is 2.20. The number of nitrogens with one attached hydrogen (secondary N) is 1. The number of amides is 2. The topological polar surface area (TPSA) is 69.6 Å². The first-order valence-electron chi connectivity index (χ1n) is 7.86. The molecule has 1 aliphatic heterocycles. The molecule has 1 atom stereocenters. The standard InChI is InChI=1S/C17H24N2O3/c1-3-15(13-6-4-12(2)5-7-13)18-17(22)19-10-8-14(9-11-19)16(20)21/h4-7,14-15H,3,8-11H2,1-2H3,(H,18,22)(H,20,21). The third-order valence-corrected chi connectivity index (χ3v) is 4.32. The predicted octanol–water partition coefficient (Wildman–Crippen LogP) is 2.95. The molecular formula is C17H24N2O3. The number of aryl methyl sites for hydroxylation is 1. The summed E-state index contributed by atoms with van der Waals surface area (Å²) in [6.45, 7) is 5.09. The van der Waals surface area contributed by atoms with Crippen LogP contribution in [0.1, 0.15) is 43.4 Å². The number of benzene rings is 1. The second-order valence-corrected chi connectivity index (χ2v) is 5.92. The first-order chi connectivity index (χ1) is 10.5. The van der Waals surface area contributed by atoms with E-state index in [9.17, 15) is 9.59 Å². The SMILES string of the molecule is CCC(NC(=O)N1CCC(C(=O)O)CC1)c1ccc(C)cc1. The van der Waals surface area contributed by atoms with E-state index in [0.29, 0.717) is 25.9 Å². The summed E-state index contributed by atoms with van der Waals surface area (Å²) < 4.78 is 0. The van der Waals surface area contributed by atoms with Crippen molar-refractivity contribution in [2.75, 3.05) is 13.1 Å². The molecule has 0 bridgehead atoms. The summed E-state index contributed by atoms with van der Waals surface area (Å²) >= 11 is 0. The maximum Gasteiger partial charge on any atom is 0.317 e. The molecule has 120 valence electrons. The van der Waals surface area contributed by atoms with E-state index in [0.717, 1.165) is 12.0 Å². The number of hydrogen-bond donors (Lipinski definition) is 2. The molecule has 0 spiro atoms. The van der Waals surface area contributed by atoms with Crippen LogP contribution in [0.4, 0.5) is 4.79 Å². The molecule has 2 rings (SSSR count). The van der Waals surface area contributed by atoms with Crippen molar-refractivity contribution in [3.8, 4) is 0 Å². The van der Waals surface area contributed by atoms with E-state index in [1.165, 1.54) is 5.56 Å². The highest BCUT2D eigenvalue weighted by atomic mass is 16.4. The average Bonchev–Trinajstić information content (AvgIpc) is 2.53. The lowest BCUT2D eigenvalue weighted by Gasteiger charge is -2.31. The molecule has 22 heavy (non-hydrogen) atoms. The maximum absolute atomic E-state index is 12.4. The summed E-state index contributed by atoms with van der Waals surface area (Å²) in [6, 6.07) is 8.06. The van der Waals surface area contributed by atoms with Crippen LogP contribution in [0.25, 0.3) is 0 Å². The molecule has 1 aromatic carbocycles. The van der Waals surface area contributed by atoms with Gasteiger partial charge in [0.2, 0.25) is 0 Å². The lowest BCUT2D eigenvalue weighted by Crippen LogP contribution is -2.46. The number of carbonyl (C=O) groups excluding carboxylic acids is 1. The summed E-state index contributed by atoms with van der Waals surface area (Å²) in [7, 11) is 0. The van der Waals surface area contributed by atoms with E-state index in [4.69, 9.17) is 5.11 Å². The molecule has 0 saturated carbocycles. The zero-order valence-corrected chi connectivity index (χ0v) is 13.2. The Kier molecular flexibility index (Phi) is 5.41. The molecule has 1 saturated heterocycles. The van der Waals surface area contributed by atoms with Gasteiger partial charge in [-0.25, -0.2) is 4.79 Å². The molecular weight excluding hydrogens is 280 g/mol. The third-order valence-electron chi connectivity index (χ3n) is 4.32. The lowest BCUT2D eigenvalue weighted by atomic mass is 9.97. The monoisotopic (exact) mass is 304 g/mol. The number of carboxylic acid groups (broad SMARTS) is 1. The van der Waals surface area contributed by atoms with E-state index >= 15 is 0 Å². The Balaban J connectivity index is 1.93. The summed E-state index contributed by atoms with van der Waals surface area (Å²) in [4.78, 5) is 25.0. The molecule has 0 radical (unpaired) electrons. The zero-order chi connectivity index (χ0) is 16.1. The molecule has 1 aliphatic rings. The lowest BCUT2D eigenvalue weighted by molar-refractivity contribution is -0.143. The second-order valence-electron chi connectivity index (χ2n) is 5.92. The Bertz CT molecular complexity index is 519. The van der Waals surface area contributed by atoms with Crippen molar-refractivity contribution < 1.29 is 14.7 Å². The number of nitrogens with zero attached hydrogens (tertiary/aromatic N) is 1. The fourth-order valence-corrected chi connectivity index (χ4v) is 2.79. The van der Waals surface area contributed by atoms with Crippen LogP contribution in [0.15, 0.2) is 24.3 Å². The van der Waals surface area contributed by atoms with Crippen LogP contribution in [0.5, 0.6) is 0 Å². The van der Waals surface area contributed by atoms with Gasteiger partial charge in [-0.2, -0.15) is 0 Å². The van der Waals surface area contributed by atoms with Crippen molar-refractivity contribution in [3.63, 3.8) is 0 Å². The van der Waals surface area contributed by atoms with E-state index in [1.807, 2.05) is 38.1 Å². The quantitative estimate of drug-likeness (QED) is 0.898. The first-order valence-corrected chi connectivity index (χ1v) is 7.86. The third kappa shape index (κ3) is 4.00. The summed E-state index contributed by atoms with van der Waals surface area (Å²) in [5, 5.41) is 12.1. The van der Waals surface area contributed by atoms with Crippen LogP contribution in [0, 0.1) is 12.8 Å². The predicted molar refractivity (Wildman–Crippen MR) is 84.7 cm³/mol. The van der Waals surface area contributed by atoms with Gasteiger partial charge in [-0.05, 0) is 31.7 Å². The van der Waals surface area contributed by atoms with Gasteiger partial charge in [-0.15, -0.1) is 0 Å². The van der Waals surface area contributed by atoms with Crippen LogP contribution in [-0.2, 0) is 4.79 Å². The van der Waals surface area contributed by atoms with Gasteiger partial charge in [0, 0.05) is 13.1 Å². The highest BCUT2D eigenvalue weighted by molar-refractivity contribution is 5.75. The fourth-order valence-electron chi connectivity index (χ4n) is 2.79. The van der Waals surface area contributed by atoms with Gasteiger partial charge >= 0.3 is 12.0 Å². The maximum atomic E-state index is 12.4. The van der Waals surface area contributed by atoms with E-state index in [1.54, 1.807) is 4.90 Å². The largest absolute Gasteiger partial charge is 0.481 e. The van der Waals surface area contributed by atoms with Gasteiger partial charge in [-0.3, -0.25) is 4.79 Å². The number of urea groups is 1. The van der Waals surface area contributed by atoms with Crippen LogP contribution in [-0.4, -0.2) is 35.1 Å². The minimum atomic E-state index is -0.758. The van der Waals surface area contributed by atoms with E-state index in [-0.39, 0.29) is 18.0 Å².